The van der Waals surface area contributed by atoms with E-state index in [4.69, 9.17) is 0 Å². The number of alkyl halides is 1. The molecule has 0 aliphatic carbocycles. The van der Waals surface area contributed by atoms with Crippen LogP contribution in [0.5, 0.6) is 0 Å². The number of hydrogen-bond donors (Lipinski definition) is 0. The molecule has 0 bridgehead atoms. The minimum absolute atomic E-state index is 0.0150. The van der Waals surface area contributed by atoms with Crippen molar-refractivity contribution in [2.24, 2.45) is 5.92 Å². The highest BCUT2D eigenvalue weighted by atomic mass is 79.9. The van der Waals surface area contributed by atoms with Crippen LogP contribution in [0, 0.1) is 5.92 Å². The standard InChI is InChI=1S/C13H22BrN3O/c1-4-11(8-14)10-17-13(18)7-12(9-15-17)16(5-2)6-3/h7,9,11H,4-6,8,10H2,1-3H3. The maximum Gasteiger partial charge on any atom is 0.268 e. The van der Waals surface area contributed by atoms with E-state index in [0.29, 0.717) is 12.5 Å². The Morgan fingerprint density at radius 3 is 2.50 bits per heavy atom. The molecule has 5 heteroatoms. The average molecular weight is 316 g/mol. The zero-order valence-electron chi connectivity index (χ0n) is 11.4. The van der Waals surface area contributed by atoms with E-state index < -0.39 is 0 Å². The average Bonchev–Trinajstić information content (AvgIpc) is 2.39. The minimum Gasteiger partial charge on any atom is -0.371 e. The second-order valence-electron chi connectivity index (χ2n) is 4.33. The molecule has 0 N–H and O–H groups in total. The summed E-state index contributed by atoms with van der Waals surface area (Å²) in [7, 11) is 0. The third-order valence-corrected chi connectivity index (χ3v) is 4.13. The van der Waals surface area contributed by atoms with Crippen LogP contribution in [0.1, 0.15) is 27.2 Å². The highest BCUT2D eigenvalue weighted by molar-refractivity contribution is 9.09. The van der Waals surface area contributed by atoms with E-state index in [0.717, 1.165) is 30.5 Å². The van der Waals surface area contributed by atoms with Gasteiger partial charge in [0.1, 0.15) is 0 Å². The Kier molecular flexibility index (Phi) is 6.39. The summed E-state index contributed by atoms with van der Waals surface area (Å²) in [6.07, 6.45) is 2.83. The first-order valence-corrected chi connectivity index (χ1v) is 7.66. The van der Waals surface area contributed by atoms with Crippen molar-refractivity contribution in [3.8, 4) is 0 Å². The topological polar surface area (TPSA) is 38.1 Å². The lowest BCUT2D eigenvalue weighted by atomic mass is 10.1. The molecule has 0 spiro atoms. The van der Waals surface area contributed by atoms with Gasteiger partial charge < -0.3 is 4.90 Å². The Bertz CT molecular complexity index is 411. The summed E-state index contributed by atoms with van der Waals surface area (Å²) < 4.78 is 1.56. The molecule has 0 amide bonds. The Balaban J connectivity index is 2.89. The van der Waals surface area contributed by atoms with Crippen molar-refractivity contribution in [3.63, 3.8) is 0 Å². The van der Waals surface area contributed by atoms with Gasteiger partial charge in [0, 0.05) is 31.0 Å². The van der Waals surface area contributed by atoms with Crippen molar-refractivity contribution in [2.75, 3.05) is 23.3 Å². The fourth-order valence-corrected chi connectivity index (χ4v) is 2.52. The van der Waals surface area contributed by atoms with Crippen molar-refractivity contribution in [1.82, 2.24) is 9.78 Å². The lowest BCUT2D eigenvalue weighted by Crippen LogP contribution is -2.29. The van der Waals surface area contributed by atoms with Gasteiger partial charge in [0.25, 0.3) is 5.56 Å². The van der Waals surface area contributed by atoms with Gasteiger partial charge in [-0.25, -0.2) is 4.68 Å². The lowest BCUT2D eigenvalue weighted by molar-refractivity contribution is 0.432. The van der Waals surface area contributed by atoms with Crippen LogP contribution >= 0.6 is 15.9 Å². The summed E-state index contributed by atoms with van der Waals surface area (Å²) in [6, 6.07) is 1.68. The summed E-state index contributed by atoms with van der Waals surface area (Å²) in [5, 5.41) is 5.17. The zero-order chi connectivity index (χ0) is 13.5. The number of rotatable bonds is 7. The van der Waals surface area contributed by atoms with Crippen LogP contribution in [-0.4, -0.2) is 28.2 Å². The van der Waals surface area contributed by atoms with Gasteiger partial charge in [0.05, 0.1) is 11.9 Å². The third kappa shape index (κ3) is 3.83. The molecule has 4 nitrogen and oxygen atoms in total. The number of anilines is 1. The summed E-state index contributed by atoms with van der Waals surface area (Å²) >= 11 is 3.47. The Morgan fingerprint density at radius 2 is 2.06 bits per heavy atom. The van der Waals surface area contributed by atoms with Crippen molar-refractivity contribution >= 4 is 21.6 Å². The summed E-state index contributed by atoms with van der Waals surface area (Å²) in [5.41, 5.74) is 0.895. The van der Waals surface area contributed by atoms with E-state index in [1.165, 1.54) is 0 Å². The highest BCUT2D eigenvalue weighted by Crippen LogP contribution is 2.11. The van der Waals surface area contributed by atoms with E-state index in [9.17, 15) is 4.79 Å². The van der Waals surface area contributed by atoms with E-state index in [1.54, 1.807) is 16.9 Å². The fourth-order valence-electron chi connectivity index (χ4n) is 1.85. The van der Waals surface area contributed by atoms with Crippen LogP contribution in [0.25, 0.3) is 0 Å². The molecule has 0 saturated carbocycles. The first-order chi connectivity index (χ1) is 8.65. The van der Waals surface area contributed by atoms with Crippen molar-refractivity contribution in [2.45, 2.75) is 33.7 Å². The third-order valence-electron chi connectivity index (χ3n) is 3.21. The molecule has 18 heavy (non-hydrogen) atoms. The zero-order valence-corrected chi connectivity index (χ0v) is 13.0. The van der Waals surface area contributed by atoms with Crippen LogP contribution in [0.3, 0.4) is 0 Å². The first-order valence-electron chi connectivity index (χ1n) is 6.54. The van der Waals surface area contributed by atoms with Crippen LogP contribution in [0.15, 0.2) is 17.1 Å². The Labute approximate surface area is 117 Å². The molecular formula is C13H22BrN3O. The lowest BCUT2D eigenvalue weighted by Gasteiger charge is -2.21. The maximum atomic E-state index is 12.0. The van der Waals surface area contributed by atoms with Gasteiger partial charge in [0.2, 0.25) is 0 Å². The second kappa shape index (κ2) is 7.56. The molecule has 1 rings (SSSR count). The maximum absolute atomic E-state index is 12.0. The number of aromatic nitrogens is 2. The molecule has 0 radical (unpaired) electrons. The van der Waals surface area contributed by atoms with E-state index in [-0.39, 0.29) is 5.56 Å². The van der Waals surface area contributed by atoms with Gasteiger partial charge >= 0.3 is 0 Å². The van der Waals surface area contributed by atoms with Gasteiger partial charge in [-0.05, 0) is 19.8 Å². The van der Waals surface area contributed by atoms with Crippen LogP contribution in [-0.2, 0) is 6.54 Å². The van der Waals surface area contributed by atoms with Gasteiger partial charge in [-0.3, -0.25) is 4.79 Å². The molecule has 0 aliphatic heterocycles. The molecule has 0 saturated heterocycles. The van der Waals surface area contributed by atoms with Crippen molar-refractivity contribution in [1.29, 1.82) is 0 Å². The van der Waals surface area contributed by atoms with Crippen LogP contribution in [0.2, 0.25) is 0 Å². The predicted octanol–water partition coefficient (Wildman–Crippen LogP) is 2.51. The molecule has 1 atom stereocenters. The Hall–Kier alpha value is -0.840. The van der Waals surface area contributed by atoms with Gasteiger partial charge in [0.15, 0.2) is 0 Å². The van der Waals surface area contributed by atoms with Gasteiger partial charge in [-0.15, -0.1) is 0 Å². The molecule has 1 heterocycles. The number of halogens is 1. The normalized spacial score (nSPS) is 12.4. The smallest absolute Gasteiger partial charge is 0.268 e. The summed E-state index contributed by atoms with van der Waals surface area (Å²) in [6.45, 7) is 8.74. The molecule has 1 aromatic rings. The molecule has 1 unspecified atom stereocenters. The molecular weight excluding hydrogens is 294 g/mol. The van der Waals surface area contributed by atoms with Crippen LogP contribution < -0.4 is 10.5 Å². The van der Waals surface area contributed by atoms with Crippen LogP contribution in [0.4, 0.5) is 5.69 Å². The van der Waals surface area contributed by atoms with E-state index in [1.807, 2.05) is 0 Å². The SMILES string of the molecule is CCC(CBr)Cn1ncc(N(CC)CC)cc1=O. The van der Waals surface area contributed by atoms with Gasteiger partial charge in [-0.2, -0.15) is 5.10 Å². The molecule has 1 aromatic heterocycles. The minimum atomic E-state index is -0.0150. The fraction of sp³-hybridized carbons (Fsp3) is 0.692. The van der Waals surface area contributed by atoms with E-state index in [2.05, 4.69) is 46.7 Å². The first kappa shape index (κ1) is 15.2. The molecule has 0 fully saturated rings. The van der Waals surface area contributed by atoms with Gasteiger partial charge in [-0.1, -0.05) is 29.3 Å². The number of hydrogen-bond acceptors (Lipinski definition) is 3. The Morgan fingerprint density at radius 1 is 1.39 bits per heavy atom. The largest absolute Gasteiger partial charge is 0.371 e. The van der Waals surface area contributed by atoms with Crippen molar-refractivity contribution < 1.29 is 0 Å². The molecule has 0 aromatic carbocycles. The summed E-state index contributed by atoms with van der Waals surface area (Å²) in [4.78, 5) is 14.1. The molecule has 102 valence electrons. The summed E-state index contributed by atoms with van der Waals surface area (Å²) in [5.74, 6) is 0.453. The molecule has 0 aliphatic rings. The predicted molar refractivity (Wildman–Crippen MR) is 79.6 cm³/mol. The number of nitrogens with zero attached hydrogens (tertiary/aromatic N) is 3. The monoisotopic (exact) mass is 315 g/mol. The second-order valence-corrected chi connectivity index (χ2v) is 4.98. The van der Waals surface area contributed by atoms with E-state index >= 15 is 0 Å². The van der Waals surface area contributed by atoms with Crippen molar-refractivity contribution in [3.05, 3.63) is 22.6 Å². The quantitative estimate of drug-likeness (QED) is 0.726. The highest BCUT2D eigenvalue weighted by Gasteiger charge is 2.09.